The molecule has 7 heteroatoms. The standard InChI is InChI=1S/C27H26N2O5/c1-16-21(10-17-11-24(33-3)27(31)25(12-17)34-4)20-8-7-19(32-2)13-23(20)22(16)14-26(30)29-18-6-5-9-28-15-18/h5-13,15,31H,14H2,1-4H3,(H,29,30). The Kier molecular flexibility index (Phi) is 6.54. The first-order valence-electron chi connectivity index (χ1n) is 10.7. The number of phenolic OH excluding ortho intramolecular Hbond substituents is 1. The van der Waals surface area contributed by atoms with Gasteiger partial charge in [-0.1, -0.05) is 6.07 Å². The van der Waals surface area contributed by atoms with Gasteiger partial charge in [-0.05, 0) is 82.8 Å². The van der Waals surface area contributed by atoms with Crippen LogP contribution in [0.3, 0.4) is 0 Å². The number of methoxy groups -OCH3 is 3. The van der Waals surface area contributed by atoms with E-state index in [0.29, 0.717) is 22.9 Å². The van der Waals surface area contributed by atoms with E-state index >= 15 is 0 Å². The van der Waals surface area contributed by atoms with Crippen LogP contribution in [0, 0.1) is 0 Å². The predicted octanol–water partition coefficient (Wildman–Crippen LogP) is 5.17. The van der Waals surface area contributed by atoms with Crippen molar-refractivity contribution in [2.45, 2.75) is 13.3 Å². The quantitative estimate of drug-likeness (QED) is 0.508. The van der Waals surface area contributed by atoms with Gasteiger partial charge in [0.2, 0.25) is 11.7 Å². The molecule has 174 valence electrons. The summed E-state index contributed by atoms with van der Waals surface area (Å²) in [5.74, 6) is 1.16. The summed E-state index contributed by atoms with van der Waals surface area (Å²) in [4.78, 5) is 16.9. The number of fused-ring (bicyclic) bond motifs is 1. The zero-order chi connectivity index (χ0) is 24.2. The van der Waals surface area contributed by atoms with Gasteiger partial charge in [-0.2, -0.15) is 0 Å². The first kappa shape index (κ1) is 22.9. The summed E-state index contributed by atoms with van der Waals surface area (Å²) in [6.07, 6.45) is 5.46. The fourth-order valence-electron chi connectivity index (χ4n) is 4.08. The van der Waals surface area contributed by atoms with Gasteiger partial charge in [-0.15, -0.1) is 0 Å². The van der Waals surface area contributed by atoms with Crippen LogP contribution >= 0.6 is 0 Å². The van der Waals surface area contributed by atoms with Crippen LogP contribution in [-0.4, -0.2) is 37.3 Å². The molecule has 1 aromatic heterocycles. The number of phenols is 1. The Bertz CT molecular complexity index is 1270. The van der Waals surface area contributed by atoms with Gasteiger partial charge < -0.3 is 24.6 Å². The maximum Gasteiger partial charge on any atom is 0.228 e. The minimum atomic E-state index is -0.134. The smallest absolute Gasteiger partial charge is 0.228 e. The van der Waals surface area contributed by atoms with Crippen LogP contribution < -0.4 is 19.5 Å². The molecular formula is C27H26N2O5. The SMILES string of the molecule is COc1ccc2c(c1)C(CC(=O)Nc1cccnc1)=C(C)C2=Cc1cc(OC)c(O)c(OC)c1. The van der Waals surface area contributed by atoms with Gasteiger partial charge in [-0.25, -0.2) is 0 Å². The van der Waals surface area contributed by atoms with Crippen molar-refractivity contribution in [2.75, 3.05) is 26.6 Å². The van der Waals surface area contributed by atoms with E-state index in [0.717, 1.165) is 33.4 Å². The molecule has 0 saturated heterocycles. The third-order valence-corrected chi connectivity index (χ3v) is 5.79. The third-order valence-electron chi connectivity index (χ3n) is 5.79. The van der Waals surface area contributed by atoms with Gasteiger partial charge in [0, 0.05) is 6.20 Å². The van der Waals surface area contributed by atoms with Crippen LogP contribution in [0.1, 0.15) is 30.0 Å². The van der Waals surface area contributed by atoms with E-state index in [4.69, 9.17) is 14.2 Å². The van der Waals surface area contributed by atoms with Crippen LogP contribution in [0.5, 0.6) is 23.0 Å². The highest BCUT2D eigenvalue weighted by atomic mass is 16.5. The molecule has 3 aromatic rings. The molecule has 4 rings (SSSR count). The summed E-state index contributed by atoms with van der Waals surface area (Å²) in [6.45, 7) is 2.00. The van der Waals surface area contributed by atoms with Gasteiger partial charge in [-0.3, -0.25) is 9.78 Å². The summed E-state index contributed by atoms with van der Waals surface area (Å²) < 4.78 is 16.0. The summed E-state index contributed by atoms with van der Waals surface area (Å²) in [6, 6.07) is 12.9. The number of rotatable bonds is 7. The summed E-state index contributed by atoms with van der Waals surface area (Å²) in [5, 5.41) is 13.2. The molecule has 0 fully saturated rings. The molecule has 1 aliphatic rings. The number of nitrogens with one attached hydrogen (secondary N) is 1. The van der Waals surface area contributed by atoms with Gasteiger partial charge in [0.1, 0.15) is 5.75 Å². The van der Waals surface area contributed by atoms with Crippen molar-refractivity contribution in [3.63, 3.8) is 0 Å². The average molecular weight is 459 g/mol. The molecule has 2 aromatic carbocycles. The van der Waals surface area contributed by atoms with Crippen LogP contribution in [0.15, 0.2) is 60.4 Å². The molecule has 0 bridgehead atoms. The monoisotopic (exact) mass is 458 g/mol. The second-order valence-electron chi connectivity index (χ2n) is 7.81. The second-order valence-corrected chi connectivity index (χ2v) is 7.81. The van der Waals surface area contributed by atoms with Crippen molar-refractivity contribution in [1.82, 2.24) is 4.98 Å². The van der Waals surface area contributed by atoms with Crippen LogP contribution in [0.25, 0.3) is 17.2 Å². The van der Waals surface area contributed by atoms with E-state index in [2.05, 4.69) is 10.3 Å². The third kappa shape index (κ3) is 4.45. The number of hydrogen-bond donors (Lipinski definition) is 2. The Labute approximate surface area is 198 Å². The molecule has 1 amide bonds. The lowest BCUT2D eigenvalue weighted by Crippen LogP contribution is -2.12. The molecule has 1 aliphatic carbocycles. The summed E-state index contributed by atoms with van der Waals surface area (Å²) in [7, 11) is 4.60. The van der Waals surface area contributed by atoms with Crippen molar-refractivity contribution in [2.24, 2.45) is 0 Å². The first-order valence-corrected chi connectivity index (χ1v) is 10.7. The number of benzene rings is 2. The lowest BCUT2D eigenvalue weighted by Gasteiger charge is -2.11. The summed E-state index contributed by atoms with van der Waals surface area (Å²) in [5.41, 5.74) is 6.25. The Morgan fingerprint density at radius 2 is 1.76 bits per heavy atom. The number of carbonyl (C=O) groups is 1. The molecular weight excluding hydrogens is 432 g/mol. The van der Waals surface area contributed by atoms with Crippen molar-refractivity contribution in [3.8, 4) is 23.0 Å². The highest BCUT2D eigenvalue weighted by Gasteiger charge is 2.26. The number of carbonyl (C=O) groups excluding carboxylic acids is 1. The van der Waals surface area contributed by atoms with Gasteiger partial charge in [0.05, 0.1) is 39.6 Å². The fraction of sp³-hybridized carbons (Fsp3) is 0.185. The molecule has 0 aliphatic heterocycles. The lowest BCUT2D eigenvalue weighted by molar-refractivity contribution is -0.115. The van der Waals surface area contributed by atoms with Gasteiger partial charge in [0.25, 0.3) is 0 Å². The van der Waals surface area contributed by atoms with Crippen molar-refractivity contribution in [1.29, 1.82) is 0 Å². The number of aromatic nitrogens is 1. The van der Waals surface area contributed by atoms with E-state index in [1.54, 1.807) is 43.8 Å². The molecule has 0 unspecified atom stereocenters. The Morgan fingerprint density at radius 1 is 1.03 bits per heavy atom. The maximum absolute atomic E-state index is 12.9. The number of amides is 1. The molecule has 0 atom stereocenters. The van der Waals surface area contributed by atoms with E-state index in [1.807, 2.05) is 31.2 Å². The van der Waals surface area contributed by atoms with Crippen molar-refractivity contribution < 1.29 is 24.1 Å². The number of nitrogens with zero attached hydrogens (tertiary/aromatic N) is 1. The van der Waals surface area contributed by atoms with E-state index < -0.39 is 0 Å². The van der Waals surface area contributed by atoms with E-state index in [-0.39, 0.29) is 18.1 Å². The maximum atomic E-state index is 12.9. The molecule has 2 N–H and O–H groups in total. The Balaban J connectivity index is 1.76. The highest BCUT2D eigenvalue weighted by molar-refractivity contribution is 6.10. The molecule has 1 heterocycles. The van der Waals surface area contributed by atoms with Gasteiger partial charge in [0.15, 0.2) is 11.5 Å². The number of hydrogen-bond acceptors (Lipinski definition) is 6. The van der Waals surface area contributed by atoms with Crippen molar-refractivity contribution >= 4 is 28.8 Å². The molecule has 34 heavy (non-hydrogen) atoms. The van der Waals surface area contributed by atoms with E-state index in [1.165, 1.54) is 14.2 Å². The number of allylic oxidation sites excluding steroid dienone is 2. The average Bonchev–Trinajstić information content (AvgIpc) is 3.10. The van der Waals surface area contributed by atoms with E-state index in [9.17, 15) is 9.90 Å². The fourth-order valence-corrected chi connectivity index (χ4v) is 4.08. The topological polar surface area (TPSA) is 89.9 Å². The summed E-state index contributed by atoms with van der Waals surface area (Å²) >= 11 is 0. The zero-order valence-corrected chi connectivity index (χ0v) is 19.5. The lowest BCUT2D eigenvalue weighted by atomic mass is 10.00. The number of aromatic hydroxyl groups is 1. The first-order chi connectivity index (χ1) is 16.4. The van der Waals surface area contributed by atoms with Crippen molar-refractivity contribution in [3.05, 3.63) is 77.1 Å². The zero-order valence-electron chi connectivity index (χ0n) is 19.5. The number of ether oxygens (including phenoxy) is 3. The van der Waals surface area contributed by atoms with Gasteiger partial charge >= 0.3 is 0 Å². The predicted molar refractivity (Wildman–Crippen MR) is 132 cm³/mol. The molecule has 7 nitrogen and oxygen atoms in total. The Morgan fingerprint density at radius 3 is 2.38 bits per heavy atom. The Hall–Kier alpha value is -4.26. The van der Waals surface area contributed by atoms with Crippen LogP contribution in [0.2, 0.25) is 0 Å². The molecule has 0 spiro atoms. The normalized spacial score (nSPS) is 13.6. The number of anilines is 1. The highest BCUT2D eigenvalue weighted by Crippen LogP contribution is 2.46. The molecule has 0 saturated carbocycles. The number of pyridine rings is 1. The van der Waals surface area contributed by atoms with Crippen LogP contribution in [0.4, 0.5) is 5.69 Å². The largest absolute Gasteiger partial charge is 0.502 e. The second kappa shape index (κ2) is 9.70. The van der Waals surface area contributed by atoms with Crippen LogP contribution in [-0.2, 0) is 4.79 Å². The molecule has 0 radical (unpaired) electrons. The minimum absolute atomic E-state index is 0.0521. The minimum Gasteiger partial charge on any atom is -0.502 e.